The molecule has 2 aromatic heterocycles. The van der Waals surface area contributed by atoms with Gasteiger partial charge in [-0.25, -0.2) is 9.97 Å². The summed E-state index contributed by atoms with van der Waals surface area (Å²) in [4.78, 5) is 20.0. The fourth-order valence-corrected chi connectivity index (χ4v) is 6.51. The molecular weight excluding hydrogens is 504 g/mol. The summed E-state index contributed by atoms with van der Waals surface area (Å²) in [6, 6.07) is 22.9. The number of piperazine rings is 1. The maximum absolute atomic E-state index is 6.71. The van der Waals surface area contributed by atoms with Crippen LogP contribution in [0.2, 0.25) is 5.02 Å². The molecule has 2 saturated heterocycles. The summed E-state index contributed by atoms with van der Waals surface area (Å²) in [5, 5.41) is 0.692. The number of nitrogens with zero attached hydrogens (tertiary/aromatic N) is 5. The first kappa shape index (κ1) is 26.1. The number of piperidine rings is 1. The second-order valence-electron chi connectivity index (χ2n) is 10.8. The van der Waals surface area contributed by atoms with E-state index in [1.54, 1.807) is 6.20 Å². The Morgan fingerprint density at radius 3 is 2.36 bits per heavy atom. The molecule has 0 aliphatic carbocycles. The van der Waals surface area contributed by atoms with E-state index in [-0.39, 0.29) is 0 Å². The van der Waals surface area contributed by atoms with Crippen LogP contribution in [0.4, 0.5) is 5.82 Å². The number of anilines is 1. The quantitative estimate of drug-likeness (QED) is 0.296. The van der Waals surface area contributed by atoms with Gasteiger partial charge >= 0.3 is 0 Å². The van der Waals surface area contributed by atoms with Gasteiger partial charge in [-0.2, -0.15) is 0 Å². The van der Waals surface area contributed by atoms with E-state index < -0.39 is 0 Å². The van der Waals surface area contributed by atoms with Gasteiger partial charge in [0, 0.05) is 62.4 Å². The zero-order valence-corrected chi connectivity index (χ0v) is 23.4. The Labute approximate surface area is 236 Å². The van der Waals surface area contributed by atoms with Gasteiger partial charge in [0.1, 0.15) is 11.6 Å². The molecule has 1 atom stereocenters. The molecule has 0 saturated carbocycles. The van der Waals surface area contributed by atoms with Gasteiger partial charge < -0.3 is 9.88 Å². The first-order valence-corrected chi connectivity index (χ1v) is 14.6. The van der Waals surface area contributed by atoms with Crippen LogP contribution in [0.25, 0.3) is 22.5 Å². The second-order valence-corrected chi connectivity index (χ2v) is 11.2. The standard InChI is InChI=1S/C32H37ClN6/c1-2-28-23-38(32-30(33)20-27(21-36-32)31-34-14-15-35-31)18-19-39(28)29-12-16-37(17-13-29)22-24-8-10-26(11-9-24)25-6-4-3-5-7-25/h3-11,14-15,20-21,28-29H,2,12-13,16-19,22-23H2,1H3,(H,34,35)/t28-/m0/s1. The Morgan fingerprint density at radius 1 is 0.897 bits per heavy atom. The van der Waals surface area contributed by atoms with Crippen LogP contribution < -0.4 is 4.90 Å². The van der Waals surface area contributed by atoms with Gasteiger partial charge in [-0.05, 0) is 55.1 Å². The maximum atomic E-state index is 6.71. The van der Waals surface area contributed by atoms with E-state index in [0.717, 1.165) is 62.9 Å². The first-order valence-electron chi connectivity index (χ1n) is 14.2. The van der Waals surface area contributed by atoms with Crippen LogP contribution in [0.5, 0.6) is 0 Å². The largest absolute Gasteiger partial charge is 0.353 e. The third-order valence-electron chi connectivity index (χ3n) is 8.39. The number of pyridine rings is 1. The molecule has 0 bridgehead atoms. The third-order valence-corrected chi connectivity index (χ3v) is 8.66. The summed E-state index contributed by atoms with van der Waals surface area (Å²) in [5.41, 5.74) is 4.88. The predicted molar refractivity (Wildman–Crippen MR) is 160 cm³/mol. The summed E-state index contributed by atoms with van der Waals surface area (Å²) < 4.78 is 0. The summed E-state index contributed by atoms with van der Waals surface area (Å²) in [7, 11) is 0. The van der Waals surface area contributed by atoms with Gasteiger partial charge in [0.15, 0.2) is 0 Å². The van der Waals surface area contributed by atoms with Crippen LogP contribution in [-0.4, -0.2) is 69.6 Å². The molecule has 4 heterocycles. The first-order chi connectivity index (χ1) is 19.2. The van der Waals surface area contributed by atoms with Gasteiger partial charge in [-0.3, -0.25) is 9.80 Å². The summed E-state index contributed by atoms with van der Waals surface area (Å²) in [6.45, 7) is 8.64. The van der Waals surface area contributed by atoms with Gasteiger partial charge in [0.25, 0.3) is 0 Å². The van der Waals surface area contributed by atoms with Gasteiger partial charge in [-0.1, -0.05) is 73.1 Å². The smallest absolute Gasteiger partial charge is 0.147 e. The average molecular weight is 541 g/mol. The number of hydrogen-bond donors (Lipinski definition) is 1. The lowest BCUT2D eigenvalue weighted by Crippen LogP contribution is -2.58. The van der Waals surface area contributed by atoms with E-state index >= 15 is 0 Å². The maximum Gasteiger partial charge on any atom is 0.147 e. The Morgan fingerprint density at radius 2 is 1.67 bits per heavy atom. The van der Waals surface area contributed by atoms with Crippen LogP contribution in [-0.2, 0) is 6.54 Å². The van der Waals surface area contributed by atoms with E-state index in [9.17, 15) is 0 Å². The number of aromatic nitrogens is 3. The second kappa shape index (κ2) is 11.9. The van der Waals surface area contributed by atoms with Crippen molar-refractivity contribution in [3.05, 3.63) is 89.8 Å². The molecule has 39 heavy (non-hydrogen) atoms. The lowest BCUT2D eigenvalue weighted by Gasteiger charge is -2.47. The number of rotatable bonds is 7. The normalized spacial score (nSPS) is 19.4. The monoisotopic (exact) mass is 540 g/mol. The van der Waals surface area contributed by atoms with E-state index in [1.807, 2.05) is 18.5 Å². The molecule has 0 radical (unpaired) electrons. The molecular formula is C32H37ClN6. The van der Waals surface area contributed by atoms with Crippen LogP contribution in [0.1, 0.15) is 31.7 Å². The molecule has 2 aliphatic rings. The highest BCUT2D eigenvalue weighted by Gasteiger charge is 2.34. The Bertz CT molecular complexity index is 1330. The molecule has 2 fully saturated rings. The van der Waals surface area contributed by atoms with E-state index in [0.29, 0.717) is 17.1 Å². The number of aromatic amines is 1. The Hall–Kier alpha value is -3.19. The lowest BCUT2D eigenvalue weighted by molar-refractivity contribution is 0.0610. The van der Waals surface area contributed by atoms with Crippen LogP contribution in [0.15, 0.2) is 79.3 Å². The topological polar surface area (TPSA) is 51.3 Å². The fourth-order valence-electron chi connectivity index (χ4n) is 6.22. The molecule has 6 rings (SSSR count). The zero-order chi connectivity index (χ0) is 26.6. The highest BCUT2D eigenvalue weighted by molar-refractivity contribution is 6.33. The summed E-state index contributed by atoms with van der Waals surface area (Å²) in [6.07, 6.45) is 9.03. The highest BCUT2D eigenvalue weighted by atomic mass is 35.5. The minimum Gasteiger partial charge on any atom is -0.353 e. The average Bonchev–Trinajstić information content (AvgIpc) is 3.54. The van der Waals surface area contributed by atoms with Crippen molar-refractivity contribution in [2.24, 2.45) is 0 Å². The molecule has 0 amide bonds. The van der Waals surface area contributed by atoms with Crippen molar-refractivity contribution < 1.29 is 0 Å². The SMILES string of the molecule is CC[C@H]1CN(c2ncc(-c3ncc[nH]3)cc2Cl)CCN1C1CCN(Cc2ccc(-c3ccccc3)cc2)CC1. The highest BCUT2D eigenvalue weighted by Crippen LogP contribution is 2.31. The van der Waals surface area contributed by atoms with E-state index in [2.05, 4.69) is 86.2 Å². The Balaban J connectivity index is 1.03. The Kier molecular flexibility index (Phi) is 7.95. The molecule has 7 heteroatoms. The predicted octanol–water partition coefficient (Wildman–Crippen LogP) is 6.36. The third kappa shape index (κ3) is 5.88. The number of halogens is 1. The number of likely N-dealkylation sites (tertiary alicyclic amines) is 1. The number of H-pyrrole nitrogens is 1. The molecule has 2 aliphatic heterocycles. The van der Waals surface area contributed by atoms with Crippen molar-refractivity contribution in [2.75, 3.05) is 37.6 Å². The summed E-state index contributed by atoms with van der Waals surface area (Å²) >= 11 is 6.71. The summed E-state index contributed by atoms with van der Waals surface area (Å²) in [5.74, 6) is 1.68. The number of hydrogen-bond acceptors (Lipinski definition) is 5. The number of nitrogens with one attached hydrogen (secondary N) is 1. The molecule has 4 aromatic rings. The molecule has 2 aromatic carbocycles. The molecule has 1 N–H and O–H groups in total. The molecule has 6 nitrogen and oxygen atoms in total. The van der Waals surface area contributed by atoms with Gasteiger partial charge in [0.05, 0.1) is 5.02 Å². The van der Waals surface area contributed by atoms with E-state index in [4.69, 9.17) is 16.6 Å². The number of benzene rings is 2. The zero-order valence-electron chi connectivity index (χ0n) is 22.6. The fraction of sp³-hybridized carbons (Fsp3) is 0.375. The van der Waals surface area contributed by atoms with Gasteiger partial charge in [0.2, 0.25) is 0 Å². The van der Waals surface area contributed by atoms with Crippen LogP contribution in [0.3, 0.4) is 0 Å². The minimum absolute atomic E-state index is 0.517. The van der Waals surface area contributed by atoms with Crippen molar-refractivity contribution in [2.45, 2.75) is 44.8 Å². The lowest BCUT2D eigenvalue weighted by atomic mass is 9.97. The van der Waals surface area contributed by atoms with Crippen molar-refractivity contribution in [3.8, 4) is 22.5 Å². The molecule has 0 spiro atoms. The molecule has 202 valence electrons. The van der Waals surface area contributed by atoms with Crippen molar-refractivity contribution in [3.63, 3.8) is 0 Å². The van der Waals surface area contributed by atoms with Gasteiger partial charge in [-0.15, -0.1) is 0 Å². The number of imidazole rings is 1. The van der Waals surface area contributed by atoms with Crippen LogP contribution >= 0.6 is 11.6 Å². The van der Waals surface area contributed by atoms with Crippen LogP contribution in [0, 0.1) is 0 Å². The van der Waals surface area contributed by atoms with Crippen molar-refractivity contribution >= 4 is 17.4 Å². The van der Waals surface area contributed by atoms with Crippen molar-refractivity contribution in [1.82, 2.24) is 24.8 Å². The molecule has 0 unspecified atom stereocenters. The minimum atomic E-state index is 0.517. The van der Waals surface area contributed by atoms with E-state index in [1.165, 1.54) is 29.5 Å². The van der Waals surface area contributed by atoms with Crippen molar-refractivity contribution in [1.29, 1.82) is 0 Å².